The Morgan fingerprint density at radius 2 is 1.83 bits per heavy atom. The van der Waals surface area contributed by atoms with Crippen LogP contribution in [0.1, 0.15) is 39.2 Å². The Bertz CT molecular complexity index is 735. The van der Waals surface area contributed by atoms with Crippen molar-refractivity contribution >= 4 is 17.3 Å². The fourth-order valence-corrected chi connectivity index (χ4v) is 4.14. The van der Waals surface area contributed by atoms with Gasteiger partial charge in [-0.15, -0.1) is 0 Å². The topological polar surface area (TPSA) is 43.4 Å². The van der Waals surface area contributed by atoms with Crippen LogP contribution >= 0.6 is 0 Å². The largest absolute Gasteiger partial charge is 0.468 e. The van der Waals surface area contributed by atoms with Gasteiger partial charge in [0.1, 0.15) is 5.41 Å². The van der Waals surface area contributed by atoms with Crippen LogP contribution in [0.3, 0.4) is 0 Å². The van der Waals surface area contributed by atoms with Crippen molar-refractivity contribution < 1.29 is 14.3 Å². The van der Waals surface area contributed by atoms with Crippen LogP contribution in [-0.4, -0.2) is 18.9 Å². The fourth-order valence-electron chi connectivity index (χ4n) is 4.14. The molecule has 0 saturated heterocycles. The predicted octanol–water partition coefficient (Wildman–Crippen LogP) is 3.95. The van der Waals surface area contributed by atoms with E-state index < -0.39 is 5.41 Å². The minimum atomic E-state index is -1.00. The number of benzene rings is 1. The second-order valence-corrected chi connectivity index (χ2v) is 6.77. The van der Waals surface area contributed by atoms with E-state index in [4.69, 9.17) is 4.74 Å². The van der Waals surface area contributed by atoms with Gasteiger partial charge in [0.05, 0.1) is 7.11 Å². The number of carbonyl (C=O) groups excluding carboxylic acids is 2. The highest BCUT2D eigenvalue weighted by molar-refractivity contribution is 6.17. The zero-order chi connectivity index (χ0) is 16.8. The molecule has 0 aromatic heterocycles. The van der Waals surface area contributed by atoms with E-state index in [1.807, 2.05) is 32.0 Å². The lowest BCUT2D eigenvalue weighted by Crippen LogP contribution is -2.37. The lowest BCUT2D eigenvalue weighted by atomic mass is 9.76. The number of esters is 1. The molecule has 0 heterocycles. The molecule has 2 aliphatic rings. The monoisotopic (exact) mass is 310 g/mol. The van der Waals surface area contributed by atoms with Gasteiger partial charge in [0.2, 0.25) is 0 Å². The molecule has 2 aliphatic carbocycles. The maximum atomic E-state index is 12.9. The molecule has 0 aliphatic heterocycles. The molecule has 3 rings (SSSR count). The summed E-state index contributed by atoms with van der Waals surface area (Å²) in [4.78, 5) is 25.2. The highest BCUT2D eigenvalue weighted by Gasteiger charge is 2.62. The number of hydrogen-bond acceptors (Lipinski definition) is 3. The number of ketones is 1. The zero-order valence-corrected chi connectivity index (χ0v) is 14.1. The Morgan fingerprint density at radius 3 is 2.39 bits per heavy atom. The standard InChI is InChI=1S/C20H22O3/c1-12(2)17-16-11-20(18(17)21,19(22)23-4)10-15(16)13(3)14-8-6-5-7-9-14/h5-9,16H,10-11H2,1-4H3/b15-13-/t16-,20+/m1/s1. The van der Waals surface area contributed by atoms with Crippen LogP contribution in [0, 0.1) is 11.3 Å². The van der Waals surface area contributed by atoms with Crippen molar-refractivity contribution in [1.82, 2.24) is 0 Å². The maximum absolute atomic E-state index is 12.9. The molecule has 1 aromatic carbocycles. The molecule has 0 N–H and O–H groups in total. The molecule has 120 valence electrons. The Labute approximate surface area is 137 Å². The summed E-state index contributed by atoms with van der Waals surface area (Å²) >= 11 is 0. The summed E-state index contributed by atoms with van der Waals surface area (Å²) in [6.07, 6.45) is 1.04. The van der Waals surface area contributed by atoms with Crippen molar-refractivity contribution in [3.63, 3.8) is 0 Å². The molecular weight excluding hydrogens is 288 g/mol. The first-order valence-electron chi connectivity index (χ1n) is 7.98. The van der Waals surface area contributed by atoms with Gasteiger partial charge in [0, 0.05) is 11.5 Å². The first-order valence-corrected chi connectivity index (χ1v) is 7.98. The second-order valence-electron chi connectivity index (χ2n) is 6.77. The second kappa shape index (κ2) is 5.48. The molecule has 3 nitrogen and oxygen atoms in total. The van der Waals surface area contributed by atoms with Gasteiger partial charge in [-0.3, -0.25) is 9.59 Å². The summed E-state index contributed by atoms with van der Waals surface area (Å²) in [5.74, 6) is -0.370. The average molecular weight is 310 g/mol. The Kier molecular flexibility index (Phi) is 3.75. The molecule has 1 aromatic rings. The molecule has 0 spiro atoms. The number of fused-ring (bicyclic) bond motifs is 2. The lowest BCUT2D eigenvalue weighted by Gasteiger charge is -2.26. The Hall–Kier alpha value is -2.16. The third-order valence-corrected chi connectivity index (χ3v) is 5.30. The van der Waals surface area contributed by atoms with E-state index in [9.17, 15) is 9.59 Å². The summed E-state index contributed by atoms with van der Waals surface area (Å²) in [7, 11) is 1.37. The van der Waals surface area contributed by atoms with Crippen molar-refractivity contribution in [3.05, 3.63) is 52.6 Å². The van der Waals surface area contributed by atoms with E-state index in [2.05, 4.69) is 19.1 Å². The molecule has 0 radical (unpaired) electrons. The van der Waals surface area contributed by atoms with Crippen molar-refractivity contribution in [2.24, 2.45) is 11.3 Å². The molecular formula is C20H22O3. The van der Waals surface area contributed by atoms with Crippen molar-refractivity contribution in [2.45, 2.75) is 33.6 Å². The van der Waals surface area contributed by atoms with E-state index in [0.717, 1.165) is 16.7 Å². The van der Waals surface area contributed by atoms with Gasteiger partial charge in [-0.05, 0) is 44.7 Å². The third-order valence-electron chi connectivity index (χ3n) is 5.30. The van der Waals surface area contributed by atoms with E-state index in [0.29, 0.717) is 12.8 Å². The van der Waals surface area contributed by atoms with Crippen molar-refractivity contribution in [1.29, 1.82) is 0 Å². The summed E-state index contributed by atoms with van der Waals surface area (Å²) < 4.78 is 4.98. The number of allylic oxidation sites excluding steroid dienone is 4. The SMILES string of the molecule is COC(=O)[C@@]12C/C(=C(\C)c3ccccc3)[C@@H](C1)C(=C(C)C)C2=O. The first kappa shape index (κ1) is 15.7. The smallest absolute Gasteiger partial charge is 0.320 e. The van der Waals surface area contributed by atoms with Crippen LogP contribution in [0.2, 0.25) is 0 Å². The quantitative estimate of drug-likeness (QED) is 0.472. The molecule has 3 heteroatoms. The molecule has 23 heavy (non-hydrogen) atoms. The van der Waals surface area contributed by atoms with Crippen LogP contribution in [0.4, 0.5) is 0 Å². The first-order chi connectivity index (χ1) is 10.9. The zero-order valence-electron chi connectivity index (χ0n) is 14.1. The van der Waals surface area contributed by atoms with Crippen molar-refractivity contribution in [3.8, 4) is 0 Å². The fraction of sp³-hybridized carbons (Fsp3) is 0.400. The summed E-state index contributed by atoms with van der Waals surface area (Å²) in [5, 5.41) is 0. The normalized spacial score (nSPS) is 28.1. The van der Waals surface area contributed by atoms with Gasteiger partial charge >= 0.3 is 5.97 Å². The highest BCUT2D eigenvalue weighted by Crippen LogP contribution is 2.59. The van der Waals surface area contributed by atoms with Crippen molar-refractivity contribution in [2.75, 3.05) is 7.11 Å². The predicted molar refractivity (Wildman–Crippen MR) is 89.6 cm³/mol. The number of methoxy groups -OCH3 is 1. The summed E-state index contributed by atoms with van der Waals surface area (Å²) in [6.45, 7) is 5.99. The van der Waals surface area contributed by atoms with Crippen LogP contribution in [0.15, 0.2) is 47.1 Å². The van der Waals surface area contributed by atoms with E-state index in [-0.39, 0.29) is 17.7 Å². The van der Waals surface area contributed by atoms with Gasteiger partial charge < -0.3 is 4.74 Å². The van der Waals surface area contributed by atoms with Gasteiger partial charge in [-0.2, -0.15) is 0 Å². The molecule has 2 bridgehead atoms. The maximum Gasteiger partial charge on any atom is 0.320 e. The summed E-state index contributed by atoms with van der Waals surface area (Å²) in [6, 6.07) is 10.2. The minimum absolute atomic E-state index is 0.0287. The van der Waals surface area contributed by atoms with Crippen LogP contribution in [0.25, 0.3) is 5.57 Å². The lowest BCUT2D eigenvalue weighted by molar-refractivity contribution is -0.155. The van der Waals surface area contributed by atoms with Gasteiger partial charge in [-0.25, -0.2) is 0 Å². The number of rotatable bonds is 2. The molecule has 2 fully saturated rings. The molecule has 0 unspecified atom stereocenters. The van der Waals surface area contributed by atoms with Gasteiger partial charge in [0.15, 0.2) is 5.78 Å². The van der Waals surface area contributed by atoms with Crippen LogP contribution in [-0.2, 0) is 14.3 Å². The van der Waals surface area contributed by atoms with Crippen LogP contribution < -0.4 is 0 Å². The van der Waals surface area contributed by atoms with E-state index in [1.54, 1.807) is 0 Å². The molecule has 2 atom stereocenters. The Morgan fingerprint density at radius 1 is 1.17 bits per heavy atom. The van der Waals surface area contributed by atoms with Crippen LogP contribution in [0.5, 0.6) is 0 Å². The highest BCUT2D eigenvalue weighted by atomic mass is 16.5. The average Bonchev–Trinajstić information content (AvgIpc) is 3.08. The third kappa shape index (κ3) is 2.18. The number of ether oxygens (including phenoxy) is 1. The molecule has 0 amide bonds. The van der Waals surface area contributed by atoms with E-state index >= 15 is 0 Å². The van der Waals surface area contributed by atoms with E-state index in [1.165, 1.54) is 18.3 Å². The van der Waals surface area contributed by atoms with Gasteiger partial charge in [-0.1, -0.05) is 41.5 Å². The number of carbonyl (C=O) groups is 2. The minimum Gasteiger partial charge on any atom is -0.468 e. The number of Topliss-reactive ketones (excluding diaryl/α,β-unsaturated/α-hetero) is 1. The van der Waals surface area contributed by atoms with Gasteiger partial charge in [0.25, 0.3) is 0 Å². The summed E-state index contributed by atoms with van der Waals surface area (Å²) in [5.41, 5.74) is 4.34. The Balaban J connectivity index is 2.16. The number of hydrogen-bond donors (Lipinski definition) is 0. The molecule has 2 saturated carbocycles.